The van der Waals surface area contributed by atoms with Gasteiger partial charge in [-0.3, -0.25) is 0 Å². The quantitative estimate of drug-likeness (QED) is 0.0852. The fourth-order valence-corrected chi connectivity index (χ4v) is 4.74. The van der Waals surface area contributed by atoms with Crippen molar-refractivity contribution in [2.24, 2.45) is 0 Å². The Morgan fingerprint density at radius 2 is 0.950 bits per heavy atom. The Kier molecular flexibility index (Phi) is 12.1. The molecule has 0 fully saturated rings. The van der Waals surface area contributed by atoms with E-state index >= 15 is 0 Å². The van der Waals surface area contributed by atoms with Crippen LogP contribution in [-0.2, 0) is 22.7 Å². The van der Waals surface area contributed by atoms with Crippen molar-refractivity contribution in [1.82, 2.24) is 0 Å². The topological polar surface area (TPSA) is 54.0 Å². The summed E-state index contributed by atoms with van der Waals surface area (Å²) in [5, 5.41) is 0. The highest BCUT2D eigenvalue weighted by atomic mass is 32.2. The summed E-state index contributed by atoms with van der Waals surface area (Å²) < 4.78 is 21.7. The van der Waals surface area contributed by atoms with Crippen molar-refractivity contribution in [3.63, 3.8) is 0 Å². The predicted molar refractivity (Wildman–Crippen MR) is 162 cm³/mol. The Bertz CT molecular complexity index is 1230. The first-order valence-electron chi connectivity index (χ1n) is 12.7. The average molecular weight is 571 g/mol. The summed E-state index contributed by atoms with van der Waals surface area (Å²) in [4.78, 5) is 14.5. The molecule has 5 nitrogen and oxygen atoms in total. The van der Waals surface area contributed by atoms with Crippen LogP contribution in [0.15, 0.2) is 144 Å². The number of benzene rings is 4. The molecule has 0 saturated heterocycles. The second-order valence-corrected chi connectivity index (χ2v) is 10.5. The van der Waals surface area contributed by atoms with Crippen LogP contribution in [0, 0.1) is 0 Å². The minimum atomic E-state index is -0.724. The van der Waals surface area contributed by atoms with E-state index in [4.69, 9.17) is 18.9 Å². The van der Waals surface area contributed by atoms with Gasteiger partial charge in [0.25, 0.3) is 0 Å². The van der Waals surface area contributed by atoms with Crippen LogP contribution in [0.5, 0.6) is 11.5 Å². The van der Waals surface area contributed by atoms with Crippen molar-refractivity contribution in [1.29, 1.82) is 0 Å². The Morgan fingerprint density at radius 1 is 0.550 bits per heavy atom. The van der Waals surface area contributed by atoms with Gasteiger partial charge < -0.3 is 18.9 Å². The van der Waals surface area contributed by atoms with Gasteiger partial charge in [-0.2, -0.15) is 0 Å². The van der Waals surface area contributed by atoms with Crippen molar-refractivity contribution in [2.45, 2.75) is 23.0 Å². The van der Waals surface area contributed by atoms with Crippen molar-refractivity contribution in [3.8, 4) is 11.5 Å². The summed E-state index contributed by atoms with van der Waals surface area (Å²) in [7, 11) is 0. The molecule has 4 aromatic carbocycles. The summed E-state index contributed by atoms with van der Waals surface area (Å²) >= 11 is 3.48. The predicted octanol–water partition coefficient (Wildman–Crippen LogP) is 8.91. The van der Waals surface area contributed by atoms with E-state index in [2.05, 4.69) is 24.3 Å². The number of carbonyl (C=O) groups excluding carboxylic acids is 1. The van der Waals surface area contributed by atoms with E-state index in [-0.39, 0.29) is 13.2 Å². The molecule has 4 aromatic rings. The zero-order chi connectivity index (χ0) is 27.7. The second-order valence-electron chi connectivity index (χ2n) is 8.34. The van der Waals surface area contributed by atoms with Gasteiger partial charge in [-0.15, -0.1) is 23.5 Å². The molecule has 0 heterocycles. The summed E-state index contributed by atoms with van der Waals surface area (Å²) in [5.41, 5.74) is 1.68. The van der Waals surface area contributed by atoms with Gasteiger partial charge >= 0.3 is 6.16 Å². The molecule has 0 aliphatic carbocycles. The van der Waals surface area contributed by atoms with Crippen LogP contribution in [-0.4, -0.2) is 17.7 Å². The minimum absolute atomic E-state index is 0.115. The largest absolute Gasteiger partial charge is 0.508 e. The van der Waals surface area contributed by atoms with Gasteiger partial charge in [0.1, 0.15) is 24.7 Å². The maximum absolute atomic E-state index is 12.0. The highest BCUT2D eigenvalue weighted by molar-refractivity contribution is 7.99. The lowest BCUT2D eigenvalue weighted by molar-refractivity contribution is 0.0446. The van der Waals surface area contributed by atoms with E-state index in [0.29, 0.717) is 11.5 Å². The molecule has 0 aliphatic rings. The third kappa shape index (κ3) is 11.0. The minimum Gasteiger partial charge on any atom is -0.465 e. The summed E-state index contributed by atoms with van der Waals surface area (Å²) in [6.07, 6.45) is 6.57. The van der Waals surface area contributed by atoms with Gasteiger partial charge in [-0.05, 0) is 71.8 Å². The van der Waals surface area contributed by atoms with E-state index in [1.165, 1.54) is 9.79 Å². The lowest BCUT2D eigenvalue weighted by Gasteiger charge is -2.08. The molecule has 0 bridgehead atoms. The zero-order valence-corrected chi connectivity index (χ0v) is 23.5. The fraction of sp³-hybridized carbons (Fsp3) is 0.121. The summed E-state index contributed by atoms with van der Waals surface area (Å²) in [6.45, 7) is 0.231. The van der Waals surface area contributed by atoms with E-state index < -0.39 is 6.16 Å². The van der Waals surface area contributed by atoms with Gasteiger partial charge in [-0.25, -0.2) is 4.79 Å². The molecule has 40 heavy (non-hydrogen) atoms. The van der Waals surface area contributed by atoms with Crippen LogP contribution in [0.3, 0.4) is 0 Å². The maximum Gasteiger partial charge on any atom is 0.508 e. The molecule has 0 unspecified atom stereocenters. The summed E-state index contributed by atoms with van der Waals surface area (Å²) in [6, 6.07) is 35.2. The highest BCUT2D eigenvalue weighted by Crippen LogP contribution is 2.19. The molecular weight excluding hydrogens is 540 g/mol. The van der Waals surface area contributed by atoms with Crippen molar-refractivity contribution in [2.75, 3.05) is 11.5 Å². The normalized spacial score (nSPS) is 11.0. The smallest absolute Gasteiger partial charge is 0.465 e. The van der Waals surface area contributed by atoms with E-state index in [9.17, 15) is 4.79 Å². The lowest BCUT2D eigenvalue weighted by atomic mass is 10.2. The number of rotatable bonds is 14. The third-order valence-corrected chi connectivity index (χ3v) is 7.27. The number of hydrogen-bond acceptors (Lipinski definition) is 7. The Labute approximate surface area is 243 Å². The van der Waals surface area contributed by atoms with Gasteiger partial charge in [0, 0.05) is 21.3 Å². The summed E-state index contributed by atoms with van der Waals surface area (Å²) in [5.74, 6) is 3.06. The molecule has 7 heteroatoms. The monoisotopic (exact) mass is 570 g/mol. The Morgan fingerprint density at radius 3 is 1.35 bits per heavy atom. The number of thioether (sulfide) groups is 2. The van der Waals surface area contributed by atoms with Gasteiger partial charge in [0.15, 0.2) is 0 Å². The fourth-order valence-electron chi connectivity index (χ4n) is 3.31. The second kappa shape index (κ2) is 16.8. The molecule has 0 radical (unpaired) electrons. The Balaban J connectivity index is 1.08. The molecule has 0 aromatic heterocycles. The molecule has 0 aliphatic heterocycles. The van der Waals surface area contributed by atoms with Crippen molar-refractivity contribution >= 4 is 29.7 Å². The molecule has 4 rings (SSSR count). The number of carbonyl (C=O) groups is 1. The standard InChI is InChI=1S/C33H30O5S2/c34-33(37-25-27-13-17-29(18-14-27)35-21-7-23-39-31-9-3-1-4-10-31)38-26-28-15-19-30(20-16-28)36-22-8-24-40-32-11-5-2-6-12-32/h1-22H,23-26H2. The molecule has 0 spiro atoms. The zero-order valence-electron chi connectivity index (χ0n) is 21.9. The first-order valence-corrected chi connectivity index (χ1v) is 14.7. The first-order chi connectivity index (χ1) is 19.7. The van der Waals surface area contributed by atoms with Gasteiger partial charge in [-0.1, -0.05) is 60.7 Å². The molecule has 0 N–H and O–H groups in total. The SMILES string of the molecule is O=C(OCc1ccc(OC=CCSc2ccccc2)cc1)OCc1ccc(OC=CCSc2ccccc2)cc1. The van der Waals surface area contributed by atoms with Gasteiger partial charge in [0.2, 0.25) is 0 Å². The number of hydrogen-bond donors (Lipinski definition) is 0. The van der Waals surface area contributed by atoms with Crippen molar-refractivity contribution in [3.05, 3.63) is 145 Å². The van der Waals surface area contributed by atoms with Crippen molar-refractivity contribution < 1.29 is 23.7 Å². The van der Waals surface area contributed by atoms with Crippen LogP contribution in [0.2, 0.25) is 0 Å². The Hall–Kier alpha value is -4.07. The first kappa shape index (κ1) is 28.9. The molecule has 204 valence electrons. The van der Waals surface area contributed by atoms with Crippen LogP contribution < -0.4 is 9.47 Å². The van der Waals surface area contributed by atoms with E-state index in [1.807, 2.05) is 97.1 Å². The molecule has 0 saturated carbocycles. The lowest BCUT2D eigenvalue weighted by Crippen LogP contribution is -2.07. The number of ether oxygens (including phenoxy) is 4. The highest BCUT2D eigenvalue weighted by Gasteiger charge is 2.06. The van der Waals surface area contributed by atoms with Gasteiger partial charge in [0.05, 0.1) is 12.5 Å². The van der Waals surface area contributed by atoms with E-state index in [0.717, 1.165) is 22.6 Å². The van der Waals surface area contributed by atoms with E-state index in [1.54, 1.807) is 36.0 Å². The van der Waals surface area contributed by atoms with Crippen LogP contribution in [0.1, 0.15) is 11.1 Å². The molecule has 0 amide bonds. The van der Waals surface area contributed by atoms with Crippen LogP contribution in [0.25, 0.3) is 0 Å². The molecular formula is C33H30O5S2. The van der Waals surface area contributed by atoms with Crippen LogP contribution in [0.4, 0.5) is 4.79 Å². The van der Waals surface area contributed by atoms with Crippen LogP contribution >= 0.6 is 23.5 Å². The molecule has 0 atom stereocenters. The average Bonchev–Trinajstić information content (AvgIpc) is 3.01. The maximum atomic E-state index is 12.0. The third-order valence-electron chi connectivity index (χ3n) is 5.34.